The Kier molecular flexibility index (Phi) is 11.3. The maximum atomic E-state index is 12.0. The number of halogens is 1. The van der Waals surface area contributed by atoms with Crippen molar-refractivity contribution in [3.63, 3.8) is 0 Å². The first-order valence-electron chi connectivity index (χ1n) is 9.85. The SMILES string of the molecule is CCOC(=O)c1sc(C(C)NC(=NC)NCC(CC)N2CCCC2)nc1C.I. The van der Waals surface area contributed by atoms with Gasteiger partial charge in [0.15, 0.2) is 5.96 Å². The number of ether oxygens (including phenoxy) is 1. The number of guanidine groups is 1. The van der Waals surface area contributed by atoms with Crippen molar-refractivity contribution in [3.05, 3.63) is 15.6 Å². The maximum Gasteiger partial charge on any atom is 0.350 e. The molecule has 1 aliphatic rings. The van der Waals surface area contributed by atoms with Crippen molar-refractivity contribution >= 4 is 47.2 Å². The predicted octanol–water partition coefficient (Wildman–Crippen LogP) is 3.35. The number of aromatic nitrogens is 1. The number of carbonyl (C=O) groups excluding carboxylic acids is 1. The Bertz CT molecular complexity index is 646. The third-order valence-corrected chi connectivity index (χ3v) is 6.17. The average molecular weight is 523 g/mol. The number of likely N-dealkylation sites (tertiary alicyclic amines) is 1. The lowest BCUT2D eigenvalue weighted by molar-refractivity contribution is 0.0531. The number of rotatable bonds is 8. The molecule has 160 valence electrons. The third-order valence-electron chi connectivity index (χ3n) is 4.85. The summed E-state index contributed by atoms with van der Waals surface area (Å²) in [6, 6.07) is 0.480. The maximum absolute atomic E-state index is 12.0. The van der Waals surface area contributed by atoms with Crippen molar-refractivity contribution in [1.29, 1.82) is 0 Å². The van der Waals surface area contributed by atoms with Crippen LogP contribution in [-0.4, -0.2) is 61.1 Å². The Morgan fingerprint density at radius 1 is 1.36 bits per heavy atom. The number of esters is 1. The molecule has 0 aliphatic carbocycles. The van der Waals surface area contributed by atoms with Crippen LogP contribution in [0.25, 0.3) is 0 Å². The van der Waals surface area contributed by atoms with E-state index in [-0.39, 0.29) is 36.0 Å². The van der Waals surface area contributed by atoms with Crippen LogP contribution < -0.4 is 10.6 Å². The van der Waals surface area contributed by atoms with Gasteiger partial charge in [-0.3, -0.25) is 9.89 Å². The van der Waals surface area contributed by atoms with Crippen molar-refractivity contribution in [1.82, 2.24) is 20.5 Å². The minimum Gasteiger partial charge on any atom is -0.462 e. The zero-order valence-corrected chi connectivity index (χ0v) is 20.7. The van der Waals surface area contributed by atoms with Crippen LogP contribution in [0.1, 0.15) is 66.4 Å². The van der Waals surface area contributed by atoms with Crippen molar-refractivity contribution in [3.8, 4) is 0 Å². The van der Waals surface area contributed by atoms with Gasteiger partial charge in [-0.25, -0.2) is 9.78 Å². The Morgan fingerprint density at radius 2 is 2.04 bits per heavy atom. The molecule has 28 heavy (non-hydrogen) atoms. The van der Waals surface area contributed by atoms with Gasteiger partial charge in [0.1, 0.15) is 9.88 Å². The molecule has 0 spiro atoms. The number of aryl methyl sites for hydroxylation is 1. The number of nitrogens with one attached hydrogen (secondary N) is 2. The van der Waals surface area contributed by atoms with Gasteiger partial charge in [0.05, 0.1) is 18.3 Å². The fourth-order valence-corrected chi connectivity index (χ4v) is 4.27. The molecule has 2 atom stereocenters. The highest BCUT2D eigenvalue weighted by Crippen LogP contribution is 2.24. The molecule has 1 aliphatic heterocycles. The van der Waals surface area contributed by atoms with E-state index >= 15 is 0 Å². The lowest BCUT2D eigenvalue weighted by Gasteiger charge is -2.27. The lowest BCUT2D eigenvalue weighted by atomic mass is 10.2. The van der Waals surface area contributed by atoms with E-state index in [1.165, 1.54) is 37.3 Å². The summed E-state index contributed by atoms with van der Waals surface area (Å²) in [5.41, 5.74) is 0.713. The topological polar surface area (TPSA) is 78.8 Å². The van der Waals surface area contributed by atoms with Gasteiger partial charge in [0.2, 0.25) is 0 Å². The molecule has 7 nitrogen and oxygen atoms in total. The second-order valence-corrected chi connectivity index (χ2v) is 7.84. The van der Waals surface area contributed by atoms with E-state index in [2.05, 4.69) is 32.4 Å². The first-order chi connectivity index (χ1) is 13.0. The van der Waals surface area contributed by atoms with Crippen molar-refractivity contribution in [2.75, 3.05) is 33.3 Å². The second kappa shape index (κ2) is 12.6. The van der Waals surface area contributed by atoms with Gasteiger partial charge >= 0.3 is 5.97 Å². The smallest absolute Gasteiger partial charge is 0.350 e. The number of nitrogens with zero attached hydrogens (tertiary/aromatic N) is 3. The van der Waals surface area contributed by atoms with Gasteiger partial charge in [-0.05, 0) is 53.1 Å². The quantitative estimate of drug-likeness (QED) is 0.236. The molecular formula is C19H34IN5O2S. The Labute approximate surface area is 189 Å². The molecule has 0 bridgehead atoms. The minimum atomic E-state index is -0.301. The Balaban J connectivity index is 0.00000392. The van der Waals surface area contributed by atoms with E-state index in [1.54, 1.807) is 14.0 Å². The summed E-state index contributed by atoms with van der Waals surface area (Å²) in [5.74, 6) is 0.454. The number of thiazole rings is 1. The van der Waals surface area contributed by atoms with Crippen LogP contribution in [0.2, 0.25) is 0 Å². The van der Waals surface area contributed by atoms with E-state index in [0.29, 0.717) is 23.2 Å². The van der Waals surface area contributed by atoms with Gasteiger partial charge in [-0.1, -0.05) is 6.92 Å². The monoisotopic (exact) mass is 523 g/mol. The van der Waals surface area contributed by atoms with E-state index in [9.17, 15) is 4.79 Å². The van der Waals surface area contributed by atoms with Crippen LogP contribution in [0.3, 0.4) is 0 Å². The highest BCUT2D eigenvalue weighted by Gasteiger charge is 2.22. The molecule has 0 amide bonds. The molecule has 2 N–H and O–H groups in total. The van der Waals surface area contributed by atoms with Crippen LogP contribution in [0.15, 0.2) is 4.99 Å². The molecular weight excluding hydrogens is 489 g/mol. The first kappa shape index (κ1) is 25.1. The lowest BCUT2D eigenvalue weighted by Crippen LogP contribution is -2.46. The van der Waals surface area contributed by atoms with Crippen LogP contribution in [-0.2, 0) is 4.74 Å². The minimum absolute atomic E-state index is 0. The summed E-state index contributed by atoms with van der Waals surface area (Å²) in [7, 11) is 1.77. The van der Waals surface area contributed by atoms with Crippen molar-refractivity contribution < 1.29 is 9.53 Å². The van der Waals surface area contributed by atoms with Crippen LogP contribution in [0.4, 0.5) is 0 Å². The normalized spacial score (nSPS) is 17.0. The molecule has 2 heterocycles. The highest BCUT2D eigenvalue weighted by molar-refractivity contribution is 14.0. The molecule has 2 unspecified atom stereocenters. The van der Waals surface area contributed by atoms with Gasteiger partial charge < -0.3 is 15.4 Å². The number of hydrogen-bond acceptors (Lipinski definition) is 6. The van der Waals surface area contributed by atoms with E-state index < -0.39 is 0 Å². The second-order valence-electron chi connectivity index (χ2n) is 6.81. The fraction of sp³-hybridized carbons (Fsp3) is 0.737. The van der Waals surface area contributed by atoms with Crippen molar-refractivity contribution in [2.45, 2.75) is 59.0 Å². The van der Waals surface area contributed by atoms with Gasteiger partial charge in [-0.15, -0.1) is 35.3 Å². The summed E-state index contributed by atoms with van der Waals surface area (Å²) in [4.78, 5) is 24.0. The zero-order chi connectivity index (χ0) is 19.8. The van der Waals surface area contributed by atoms with Crippen LogP contribution >= 0.6 is 35.3 Å². The molecule has 0 radical (unpaired) electrons. The number of carbonyl (C=O) groups is 1. The summed E-state index contributed by atoms with van der Waals surface area (Å²) in [6.45, 7) is 11.5. The molecule has 2 rings (SSSR count). The molecule has 0 saturated carbocycles. The van der Waals surface area contributed by atoms with Crippen molar-refractivity contribution in [2.24, 2.45) is 4.99 Å². The largest absolute Gasteiger partial charge is 0.462 e. The number of aliphatic imine (C=N–C) groups is 1. The molecule has 1 aromatic heterocycles. The molecule has 0 aromatic carbocycles. The van der Waals surface area contributed by atoms with Crippen LogP contribution in [0, 0.1) is 6.92 Å². The van der Waals surface area contributed by atoms with E-state index in [4.69, 9.17) is 4.74 Å². The summed E-state index contributed by atoms with van der Waals surface area (Å²) in [5, 5.41) is 7.68. The standard InChI is InChI=1S/C19H33N5O2S.HI/c1-6-15(24-10-8-9-11-24)12-21-19(20-5)23-14(4)17-22-13(3)16(27-17)18(25)26-7-2;/h14-15H,6-12H2,1-5H3,(H2,20,21,23);1H. The number of hydrogen-bond donors (Lipinski definition) is 2. The van der Waals surface area contributed by atoms with Gasteiger partial charge in [0, 0.05) is 19.6 Å². The Morgan fingerprint density at radius 3 is 2.61 bits per heavy atom. The third kappa shape index (κ3) is 6.84. The van der Waals surface area contributed by atoms with E-state index in [1.807, 2.05) is 13.8 Å². The Hall–Kier alpha value is -0.940. The average Bonchev–Trinajstić information content (AvgIpc) is 3.31. The molecule has 1 fully saturated rings. The van der Waals surface area contributed by atoms with Gasteiger partial charge in [0.25, 0.3) is 0 Å². The first-order valence-corrected chi connectivity index (χ1v) is 10.7. The molecule has 9 heteroatoms. The van der Waals surface area contributed by atoms with Crippen LogP contribution in [0.5, 0.6) is 0 Å². The zero-order valence-electron chi connectivity index (χ0n) is 17.6. The fourth-order valence-electron chi connectivity index (χ4n) is 3.30. The van der Waals surface area contributed by atoms with E-state index in [0.717, 1.165) is 23.9 Å². The molecule has 1 saturated heterocycles. The summed E-state index contributed by atoms with van der Waals surface area (Å²) < 4.78 is 5.10. The van der Waals surface area contributed by atoms with Gasteiger partial charge in [-0.2, -0.15) is 0 Å². The summed E-state index contributed by atoms with van der Waals surface area (Å²) >= 11 is 1.38. The molecule has 1 aromatic rings. The summed E-state index contributed by atoms with van der Waals surface area (Å²) in [6.07, 6.45) is 3.72. The highest BCUT2D eigenvalue weighted by atomic mass is 127. The predicted molar refractivity (Wildman–Crippen MR) is 126 cm³/mol.